The van der Waals surface area contributed by atoms with E-state index in [0.717, 1.165) is 6.42 Å². The second-order valence-corrected chi connectivity index (χ2v) is 4.84. The summed E-state index contributed by atoms with van der Waals surface area (Å²) in [6, 6.07) is 0. The van der Waals surface area contributed by atoms with Gasteiger partial charge in [-0.1, -0.05) is 23.9 Å². The molecule has 0 fully saturated rings. The van der Waals surface area contributed by atoms with E-state index in [4.69, 9.17) is 0 Å². The normalized spacial score (nSPS) is 34.7. The Morgan fingerprint density at radius 2 is 2.45 bits per heavy atom. The van der Waals surface area contributed by atoms with Crippen molar-refractivity contribution in [2.45, 2.75) is 25.0 Å². The molecular weight excluding hydrogens is 154 g/mol. The van der Waals surface area contributed by atoms with E-state index in [1.54, 1.807) is 0 Å². The van der Waals surface area contributed by atoms with Gasteiger partial charge in [-0.15, -0.1) is 0 Å². The van der Waals surface area contributed by atoms with Crippen LogP contribution in [0.4, 0.5) is 0 Å². The Labute approximate surface area is 71.3 Å². The van der Waals surface area contributed by atoms with Crippen molar-refractivity contribution in [3.63, 3.8) is 0 Å². The number of hydrogen-bond acceptors (Lipinski definition) is 2. The van der Waals surface area contributed by atoms with Gasteiger partial charge in [0.05, 0.1) is 15.5 Å². The standard InChI is InChI=1S/C9H11NS/c1-7-10-8-5-3-4-6-9(8,2)11-7/h3-5H,6H2,1-2H3. The van der Waals surface area contributed by atoms with Crippen molar-refractivity contribution >= 4 is 16.8 Å². The van der Waals surface area contributed by atoms with Crippen LogP contribution < -0.4 is 0 Å². The van der Waals surface area contributed by atoms with E-state index in [1.165, 1.54) is 10.7 Å². The SMILES string of the molecule is CC1=NC2=CC=CCC2(C)S1. The van der Waals surface area contributed by atoms with Crippen LogP contribution in [0.3, 0.4) is 0 Å². The van der Waals surface area contributed by atoms with Gasteiger partial charge in [-0.3, -0.25) is 0 Å². The highest BCUT2D eigenvalue weighted by atomic mass is 32.2. The van der Waals surface area contributed by atoms with E-state index in [9.17, 15) is 0 Å². The third kappa shape index (κ3) is 1.06. The predicted octanol–water partition coefficient (Wildman–Crippen LogP) is 2.75. The Kier molecular flexibility index (Phi) is 1.46. The minimum absolute atomic E-state index is 0.249. The fourth-order valence-electron chi connectivity index (χ4n) is 1.50. The third-order valence-electron chi connectivity index (χ3n) is 2.09. The van der Waals surface area contributed by atoms with Gasteiger partial charge in [-0.25, -0.2) is 4.99 Å². The molecule has 0 aromatic rings. The van der Waals surface area contributed by atoms with E-state index in [2.05, 4.69) is 37.1 Å². The van der Waals surface area contributed by atoms with Crippen LogP contribution in [-0.2, 0) is 0 Å². The predicted molar refractivity (Wildman–Crippen MR) is 50.9 cm³/mol. The molecule has 1 nitrogen and oxygen atoms in total. The molecule has 0 N–H and O–H groups in total. The quantitative estimate of drug-likeness (QED) is 0.537. The minimum atomic E-state index is 0.249. The number of rotatable bonds is 0. The molecule has 1 aliphatic carbocycles. The van der Waals surface area contributed by atoms with Gasteiger partial charge in [0, 0.05) is 0 Å². The number of aliphatic imine (C=N–C) groups is 1. The van der Waals surface area contributed by atoms with Crippen molar-refractivity contribution in [2.75, 3.05) is 0 Å². The summed E-state index contributed by atoms with van der Waals surface area (Å²) in [6.07, 6.45) is 7.54. The molecule has 0 saturated heterocycles. The van der Waals surface area contributed by atoms with Crippen LogP contribution in [0.5, 0.6) is 0 Å². The summed E-state index contributed by atoms with van der Waals surface area (Å²) >= 11 is 1.88. The average molecular weight is 165 g/mol. The van der Waals surface area contributed by atoms with E-state index >= 15 is 0 Å². The van der Waals surface area contributed by atoms with Crippen LogP contribution in [0.15, 0.2) is 28.9 Å². The van der Waals surface area contributed by atoms with Crippen LogP contribution in [0.1, 0.15) is 20.3 Å². The van der Waals surface area contributed by atoms with Gasteiger partial charge in [-0.2, -0.15) is 0 Å². The van der Waals surface area contributed by atoms with Gasteiger partial charge in [0.2, 0.25) is 0 Å². The van der Waals surface area contributed by atoms with Crippen LogP contribution in [0.2, 0.25) is 0 Å². The zero-order valence-corrected chi connectivity index (χ0v) is 7.61. The lowest BCUT2D eigenvalue weighted by Gasteiger charge is -2.23. The zero-order valence-electron chi connectivity index (χ0n) is 6.79. The van der Waals surface area contributed by atoms with Crippen molar-refractivity contribution in [3.05, 3.63) is 23.9 Å². The van der Waals surface area contributed by atoms with Crippen LogP contribution in [0, 0.1) is 0 Å². The fourth-order valence-corrected chi connectivity index (χ4v) is 2.69. The monoisotopic (exact) mass is 165 g/mol. The molecule has 58 valence electrons. The van der Waals surface area contributed by atoms with Gasteiger partial charge in [-0.05, 0) is 26.3 Å². The highest BCUT2D eigenvalue weighted by Crippen LogP contribution is 2.44. The summed E-state index contributed by atoms with van der Waals surface area (Å²) in [6.45, 7) is 4.34. The first-order valence-corrected chi connectivity index (χ1v) is 4.64. The van der Waals surface area contributed by atoms with Crippen molar-refractivity contribution in [3.8, 4) is 0 Å². The zero-order chi connectivity index (χ0) is 7.90. The second-order valence-electron chi connectivity index (χ2n) is 3.15. The Morgan fingerprint density at radius 1 is 1.64 bits per heavy atom. The molecule has 1 aliphatic heterocycles. The fraction of sp³-hybridized carbons (Fsp3) is 0.444. The van der Waals surface area contributed by atoms with Gasteiger partial charge in [0.15, 0.2) is 0 Å². The van der Waals surface area contributed by atoms with Gasteiger partial charge in [0.25, 0.3) is 0 Å². The van der Waals surface area contributed by atoms with Crippen molar-refractivity contribution in [1.82, 2.24) is 0 Å². The summed E-state index contributed by atoms with van der Waals surface area (Å²) in [5.74, 6) is 0. The van der Waals surface area contributed by atoms with Crippen LogP contribution in [-0.4, -0.2) is 9.79 Å². The molecule has 2 heteroatoms. The number of nitrogens with zero attached hydrogens (tertiary/aromatic N) is 1. The number of thioether (sulfide) groups is 1. The lowest BCUT2D eigenvalue weighted by atomic mass is 9.98. The molecular formula is C9H11NS. The molecule has 2 rings (SSSR count). The summed E-state index contributed by atoms with van der Waals surface area (Å²) in [5.41, 5.74) is 1.24. The smallest absolute Gasteiger partial charge is 0.0713 e. The van der Waals surface area contributed by atoms with Crippen molar-refractivity contribution in [2.24, 2.45) is 4.99 Å². The average Bonchev–Trinajstić information content (AvgIpc) is 2.22. The van der Waals surface area contributed by atoms with Gasteiger partial charge in [0.1, 0.15) is 0 Å². The van der Waals surface area contributed by atoms with Gasteiger partial charge >= 0.3 is 0 Å². The summed E-state index contributed by atoms with van der Waals surface area (Å²) in [7, 11) is 0. The first-order valence-electron chi connectivity index (χ1n) is 3.82. The lowest BCUT2D eigenvalue weighted by Crippen LogP contribution is -2.19. The van der Waals surface area contributed by atoms with Gasteiger partial charge < -0.3 is 0 Å². The van der Waals surface area contributed by atoms with Crippen LogP contribution >= 0.6 is 11.8 Å². The lowest BCUT2D eigenvalue weighted by molar-refractivity contribution is 0.749. The maximum atomic E-state index is 4.47. The first kappa shape index (κ1) is 7.17. The molecule has 0 aromatic heterocycles. The number of fused-ring (bicyclic) bond motifs is 1. The molecule has 1 heterocycles. The largest absolute Gasteiger partial charge is 0.250 e. The molecule has 11 heavy (non-hydrogen) atoms. The summed E-state index contributed by atoms with van der Waals surface area (Å²) < 4.78 is 0.249. The van der Waals surface area contributed by atoms with E-state index in [-0.39, 0.29) is 4.75 Å². The molecule has 1 atom stereocenters. The Morgan fingerprint density at radius 3 is 3.18 bits per heavy atom. The van der Waals surface area contributed by atoms with Crippen molar-refractivity contribution in [1.29, 1.82) is 0 Å². The first-order chi connectivity index (χ1) is 5.21. The summed E-state index contributed by atoms with van der Waals surface area (Å²) in [5, 5.41) is 1.20. The molecule has 0 radical (unpaired) electrons. The molecule has 0 amide bonds. The third-order valence-corrected chi connectivity index (χ3v) is 3.30. The Hall–Kier alpha value is -0.500. The number of hydrogen-bond donors (Lipinski definition) is 0. The maximum absolute atomic E-state index is 4.47. The summed E-state index contributed by atoms with van der Waals surface area (Å²) in [4.78, 5) is 4.47. The second kappa shape index (κ2) is 2.24. The topological polar surface area (TPSA) is 12.4 Å². The Bertz CT molecular complexity index is 275. The van der Waals surface area contributed by atoms with E-state index in [1.807, 2.05) is 11.8 Å². The highest BCUT2D eigenvalue weighted by Gasteiger charge is 2.35. The minimum Gasteiger partial charge on any atom is -0.250 e. The highest BCUT2D eigenvalue weighted by molar-refractivity contribution is 8.15. The molecule has 0 aromatic carbocycles. The van der Waals surface area contributed by atoms with Crippen LogP contribution in [0.25, 0.3) is 0 Å². The molecule has 0 bridgehead atoms. The molecule has 0 saturated carbocycles. The van der Waals surface area contributed by atoms with Crippen molar-refractivity contribution < 1.29 is 0 Å². The maximum Gasteiger partial charge on any atom is 0.0713 e. The molecule has 0 spiro atoms. The van der Waals surface area contributed by atoms with E-state index < -0.39 is 0 Å². The Balaban J connectivity index is 2.41. The molecule has 1 unspecified atom stereocenters. The van der Waals surface area contributed by atoms with E-state index in [0.29, 0.717) is 0 Å². The number of allylic oxidation sites excluding steroid dienone is 3. The molecule has 2 aliphatic rings.